The van der Waals surface area contributed by atoms with Crippen LogP contribution in [0.4, 0.5) is 4.79 Å². The van der Waals surface area contributed by atoms with Crippen LogP contribution in [0, 0.1) is 5.92 Å². The summed E-state index contributed by atoms with van der Waals surface area (Å²) in [5.41, 5.74) is 11.2. The summed E-state index contributed by atoms with van der Waals surface area (Å²) in [4.78, 5) is 39.4. The number of nitrogens with zero attached hydrogens (tertiary/aromatic N) is 2. The van der Waals surface area contributed by atoms with Crippen LogP contribution < -0.4 is 11.5 Å². The summed E-state index contributed by atoms with van der Waals surface area (Å²) in [6, 6.07) is 8.14. The SMILES string of the molecule is CC1=C(N)C(=O)C2=C(C1=O)N1C[C@H]3[C@H](N3S(=O)(=O)/C=C/c3ccccc3)[C@]1(C)[C@@H]2COC(N)=O. The lowest BCUT2D eigenvalue weighted by atomic mass is 9.78. The van der Waals surface area contributed by atoms with E-state index in [4.69, 9.17) is 16.2 Å². The fraction of sp³-hybridized carbons (Fsp3) is 0.348. The van der Waals surface area contributed by atoms with E-state index in [9.17, 15) is 22.8 Å². The minimum atomic E-state index is -3.79. The van der Waals surface area contributed by atoms with Crippen molar-refractivity contribution in [2.75, 3.05) is 13.2 Å². The molecular formula is C23H24N4O6S. The van der Waals surface area contributed by atoms with Gasteiger partial charge in [-0.1, -0.05) is 30.3 Å². The van der Waals surface area contributed by atoms with E-state index >= 15 is 0 Å². The highest BCUT2D eigenvalue weighted by Crippen LogP contribution is 2.60. The molecule has 3 aliphatic heterocycles. The van der Waals surface area contributed by atoms with E-state index in [1.807, 2.05) is 18.2 Å². The average Bonchev–Trinajstić information content (AvgIpc) is 3.39. The minimum Gasteiger partial charge on any atom is -0.449 e. The van der Waals surface area contributed by atoms with E-state index < -0.39 is 39.4 Å². The third-order valence-electron chi connectivity index (χ3n) is 7.37. The van der Waals surface area contributed by atoms with Crippen LogP contribution in [0.2, 0.25) is 0 Å². The largest absolute Gasteiger partial charge is 0.449 e. The summed E-state index contributed by atoms with van der Waals surface area (Å²) < 4.78 is 32.8. The number of nitrogens with two attached hydrogens (primary N) is 2. The van der Waals surface area contributed by atoms with Crippen molar-refractivity contribution in [2.45, 2.75) is 31.5 Å². The molecule has 0 spiro atoms. The summed E-state index contributed by atoms with van der Waals surface area (Å²) in [6.45, 7) is 3.24. The molecule has 1 aromatic rings. The maximum Gasteiger partial charge on any atom is 0.404 e. The summed E-state index contributed by atoms with van der Waals surface area (Å²) >= 11 is 0. The Morgan fingerprint density at radius 3 is 2.56 bits per heavy atom. The van der Waals surface area contributed by atoms with Crippen molar-refractivity contribution in [1.29, 1.82) is 0 Å². The topological polar surface area (TPSA) is 153 Å². The predicted molar refractivity (Wildman–Crippen MR) is 122 cm³/mol. The maximum atomic E-state index is 13.2. The first-order chi connectivity index (χ1) is 16.0. The van der Waals surface area contributed by atoms with Crippen LogP contribution in [0.1, 0.15) is 19.4 Å². The third kappa shape index (κ3) is 2.96. The van der Waals surface area contributed by atoms with E-state index in [1.54, 1.807) is 24.0 Å². The molecule has 178 valence electrons. The molecule has 2 saturated heterocycles. The highest BCUT2D eigenvalue weighted by molar-refractivity contribution is 7.92. The molecule has 0 aromatic heterocycles. The molecule has 3 heterocycles. The van der Waals surface area contributed by atoms with Crippen LogP contribution in [0.5, 0.6) is 0 Å². The fourth-order valence-electron chi connectivity index (χ4n) is 5.65. The number of fused-ring (bicyclic) bond motifs is 4. The van der Waals surface area contributed by atoms with Gasteiger partial charge in [-0.25, -0.2) is 13.2 Å². The van der Waals surface area contributed by atoms with Crippen molar-refractivity contribution < 1.29 is 27.5 Å². The molecule has 1 aliphatic carbocycles. The van der Waals surface area contributed by atoms with Crippen LogP contribution in [-0.4, -0.2) is 66.1 Å². The summed E-state index contributed by atoms with van der Waals surface area (Å²) in [6.07, 6.45) is 0.495. The molecule has 0 bridgehead atoms. The number of hydrogen-bond acceptors (Lipinski definition) is 8. The van der Waals surface area contributed by atoms with Gasteiger partial charge in [-0.2, -0.15) is 4.31 Å². The summed E-state index contributed by atoms with van der Waals surface area (Å²) in [5, 5.41) is 1.16. The molecule has 0 radical (unpaired) electrons. The van der Waals surface area contributed by atoms with Gasteiger partial charge in [0.15, 0.2) is 0 Å². The van der Waals surface area contributed by atoms with Crippen LogP contribution in [0.3, 0.4) is 0 Å². The number of sulfonamides is 1. The first-order valence-corrected chi connectivity index (χ1v) is 12.3. The molecule has 4 N–H and O–H groups in total. The van der Waals surface area contributed by atoms with Gasteiger partial charge >= 0.3 is 6.09 Å². The van der Waals surface area contributed by atoms with Gasteiger partial charge in [0.2, 0.25) is 21.6 Å². The van der Waals surface area contributed by atoms with Crippen molar-refractivity contribution >= 4 is 33.8 Å². The molecule has 11 heteroatoms. The quantitative estimate of drug-likeness (QED) is 0.452. The Balaban J connectivity index is 1.50. The lowest BCUT2D eigenvalue weighted by molar-refractivity contribution is -0.117. The van der Waals surface area contributed by atoms with Crippen molar-refractivity contribution in [1.82, 2.24) is 9.21 Å². The average molecular weight is 485 g/mol. The van der Waals surface area contributed by atoms with E-state index in [2.05, 4.69) is 0 Å². The van der Waals surface area contributed by atoms with E-state index in [0.717, 1.165) is 11.0 Å². The number of hydrogen-bond donors (Lipinski definition) is 2. The van der Waals surface area contributed by atoms with Gasteiger partial charge < -0.3 is 21.1 Å². The Morgan fingerprint density at radius 1 is 1.24 bits per heavy atom. The second-order valence-corrected chi connectivity index (χ2v) is 10.8. The zero-order chi connectivity index (χ0) is 24.6. The minimum absolute atomic E-state index is 0.151. The van der Waals surface area contributed by atoms with Crippen molar-refractivity contribution in [3.05, 3.63) is 63.8 Å². The smallest absolute Gasteiger partial charge is 0.404 e. The Labute approximate surface area is 196 Å². The molecule has 5 atom stereocenters. The fourth-order valence-corrected chi connectivity index (χ4v) is 7.29. The molecule has 1 amide bonds. The molecule has 0 saturated carbocycles. The molecule has 1 aromatic carbocycles. The number of carbonyl (C=O) groups is 3. The molecule has 4 aliphatic rings. The Bertz CT molecular complexity index is 1330. The normalized spacial score (nSPS) is 32.2. The number of carbonyl (C=O) groups excluding carboxylic acids is 3. The maximum absolute atomic E-state index is 13.2. The number of Topliss-reactive ketones (excluding diaryl/α,β-unsaturated/α-hetero) is 2. The lowest BCUT2D eigenvalue weighted by Crippen LogP contribution is -2.52. The van der Waals surface area contributed by atoms with Crippen LogP contribution in [-0.2, 0) is 24.3 Å². The van der Waals surface area contributed by atoms with Crippen molar-refractivity contribution in [3.8, 4) is 0 Å². The zero-order valence-electron chi connectivity index (χ0n) is 18.6. The summed E-state index contributed by atoms with van der Waals surface area (Å²) in [7, 11) is -3.79. The van der Waals surface area contributed by atoms with E-state index in [-0.39, 0.29) is 47.5 Å². The number of ether oxygens (including phenoxy) is 1. The molecule has 2 fully saturated rings. The first kappa shape index (κ1) is 22.4. The molecule has 10 nitrogen and oxygen atoms in total. The Morgan fingerprint density at radius 2 is 1.91 bits per heavy atom. The lowest BCUT2D eigenvalue weighted by Gasteiger charge is -2.39. The molecular weight excluding hydrogens is 460 g/mol. The number of ketones is 2. The molecule has 1 unspecified atom stereocenters. The Hall–Kier alpha value is -3.44. The third-order valence-corrected chi connectivity index (χ3v) is 8.94. The van der Waals surface area contributed by atoms with E-state index in [0.29, 0.717) is 0 Å². The van der Waals surface area contributed by atoms with Crippen LogP contribution >= 0.6 is 0 Å². The zero-order valence-corrected chi connectivity index (χ0v) is 19.4. The first-order valence-electron chi connectivity index (χ1n) is 10.8. The number of benzene rings is 1. The number of amides is 1. The highest BCUT2D eigenvalue weighted by atomic mass is 32.2. The van der Waals surface area contributed by atoms with Gasteiger partial charge in [-0.15, -0.1) is 0 Å². The monoisotopic (exact) mass is 484 g/mol. The van der Waals surface area contributed by atoms with Gasteiger partial charge in [0.25, 0.3) is 0 Å². The van der Waals surface area contributed by atoms with Crippen molar-refractivity contribution in [3.63, 3.8) is 0 Å². The second kappa shape index (κ2) is 7.28. The van der Waals surface area contributed by atoms with Gasteiger partial charge in [0, 0.05) is 29.0 Å². The van der Waals surface area contributed by atoms with Crippen molar-refractivity contribution in [2.24, 2.45) is 17.4 Å². The van der Waals surface area contributed by atoms with Gasteiger partial charge in [0.1, 0.15) is 6.61 Å². The predicted octanol–water partition coefficient (Wildman–Crippen LogP) is 0.478. The van der Waals surface area contributed by atoms with E-state index in [1.165, 1.54) is 17.3 Å². The van der Waals surface area contributed by atoms with Crippen LogP contribution in [0.25, 0.3) is 6.08 Å². The number of primary amides is 1. The summed E-state index contributed by atoms with van der Waals surface area (Å²) in [5.74, 6) is -1.65. The molecule has 5 rings (SSSR count). The number of piperazine rings is 1. The Kier molecular flexibility index (Phi) is 4.79. The van der Waals surface area contributed by atoms with Gasteiger partial charge in [-0.05, 0) is 25.5 Å². The number of allylic oxidation sites excluding steroid dienone is 2. The van der Waals surface area contributed by atoms with Gasteiger partial charge in [-0.3, -0.25) is 9.59 Å². The highest BCUT2D eigenvalue weighted by Gasteiger charge is 2.75. The second-order valence-electron chi connectivity index (χ2n) is 9.08. The van der Waals surface area contributed by atoms with Gasteiger partial charge in [0.05, 0.1) is 29.0 Å². The van der Waals surface area contributed by atoms with Crippen LogP contribution in [0.15, 0.2) is 58.3 Å². The molecule has 34 heavy (non-hydrogen) atoms. The number of rotatable bonds is 5. The standard InChI is InChI=1S/C23H24N4O6S/c1-12-17(24)20(29)16-14(11-33-22(25)30)23(2)21-15(10-26(23)18(16)19(12)28)27(21)34(31,32)9-8-13-6-4-3-5-7-13/h3-9,14-15,21H,10-11,24H2,1-2H3,(H2,25,30)/b9-8+/t14-,15+,21+,23+,27?/m1/s1.